The Hall–Kier alpha value is -2.26. The van der Waals surface area contributed by atoms with Gasteiger partial charge in [-0.05, 0) is 24.1 Å². The highest BCUT2D eigenvalue weighted by atomic mass is 32.2. The normalized spacial score (nSPS) is 34.6. The van der Waals surface area contributed by atoms with Crippen molar-refractivity contribution >= 4 is 21.7 Å². The van der Waals surface area contributed by atoms with Crippen LogP contribution in [-0.4, -0.2) is 84.4 Å². The van der Waals surface area contributed by atoms with Crippen LogP contribution in [0.5, 0.6) is 0 Å². The van der Waals surface area contributed by atoms with E-state index in [1.165, 1.54) is 0 Å². The van der Waals surface area contributed by atoms with Crippen molar-refractivity contribution in [3.63, 3.8) is 0 Å². The molecule has 154 valence electrons. The number of fused-ring (bicyclic) bond motifs is 1. The highest BCUT2D eigenvalue weighted by Crippen LogP contribution is 2.52. The molecule has 2 bridgehead atoms. The van der Waals surface area contributed by atoms with Crippen LogP contribution in [0.1, 0.15) is 5.56 Å². The van der Waals surface area contributed by atoms with E-state index in [4.69, 9.17) is 4.74 Å². The lowest BCUT2D eigenvalue weighted by atomic mass is 9.76. The molecule has 4 aliphatic heterocycles. The van der Waals surface area contributed by atoms with Gasteiger partial charge in [-0.1, -0.05) is 12.2 Å². The fourth-order valence-electron chi connectivity index (χ4n) is 5.01. The van der Waals surface area contributed by atoms with Gasteiger partial charge in [-0.25, -0.2) is 8.42 Å². The zero-order valence-electron chi connectivity index (χ0n) is 15.9. The Morgan fingerprint density at radius 3 is 2.69 bits per heavy atom. The second-order valence-corrected chi connectivity index (χ2v) is 10.5. The minimum atomic E-state index is -3.07. The SMILES string of the molecule is O=C([C@H]1[C@@H]2C=C[C@@]3(CN(CCc4ccncc4)C(=O)[C@H]13)O2)N1CCS(=O)(=O)CC1. The number of nitrogens with zero attached hydrogens (tertiary/aromatic N) is 3. The molecule has 0 radical (unpaired) electrons. The van der Waals surface area contributed by atoms with E-state index in [9.17, 15) is 18.0 Å². The molecule has 5 heterocycles. The molecule has 2 amide bonds. The van der Waals surface area contributed by atoms with Gasteiger partial charge < -0.3 is 14.5 Å². The smallest absolute Gasteiger partial charge is 0.230 e. The minimum absolute atomic E-state index is 0.0192. The van der Waals surface area contributed by atoms with Crippen LogP contribution in [-0.2, 0) is 30.6 Å². The molecule has 9 heteroatoms. The number of sulfone groups is 1. The summed E-state index contributed by atoms with van der Waals surface area (Å²) in [6.45, 7) is 1.39. The van der Waals surface area contributed by atoms with Crippen molar-refractivity contribution < 1.29 is 22.7 Å². The van der Waals surface area contributed by atoms with Gasteiger partial charge in [-0.15, -0.1) is 0 Å². The third-order valence-electron chi connectivity index (χ3n) is 6.54. The molecule has 0 unspecified atom stereocenters. The number of aromatic nitrogens is 1. The lowest BCUT2D eigenvalue weighted by molar-refractivity contribution is -0.143. The van der Waals surface area contributed by atoms with Crippen LogP contribution >= 0.6 is 0 Å². The summed E-state index contributed by atoms with van der Waals surface area (Å²) in [5.74, 6) is -1.34. The van der Waals surface area contributed by atoms with Crippen LogP contribution in [0.3, 0.4) is 0 Å². The number of hydrogen-bond donors (Lipinski definition) is 0. The fourth-order valence-corrected chi connectivity index (χ4v) is 6.21. The average molecular weight is 417 g/mol. The molecule has 5 rings (SSSR count). The van der Waals surface area contributed by atoms with Crippen molar-refractivity contribution in [2.24, 2.45) is 11.8 Å². The van der Waals surface area contributed by atoms with Gasteiger partial charge in [0.1, 0.15) is 5.60 Å². The van der Waals surface area contributed by atoms with Crippen LogP contribution < -0.4 is 0 Å². The van der Waals surface area contributed by atoms with E-state index in [-0.39, 0.29) is 36.4 Å². The van der Waals surface area contributed by atoms with Gasteiger partial charge in [-0.3, -0.25) is 14.6 Å². The molecule has 0 N–H and O–H groups in total. The van der Waals surface area contributed by atoms with Crippen molar-refractivity contribution in [1.29, 1.82) is 0 Å². The molecule has 1 aromatic heterocycles. The third kappa shape index (κ3) is 3.07. The number of likely N-dealkylation sites (tertiary alicyclic amines) is 1. The standard InChI is InChI=1S/C20H23N3O5S/c24-18(22-9-11-29(26,27)12-10-22)16-15-1-5-20(28-15)13-23(19(25)17(16)20)8-4-14-2-6-21-7-3-14/h1-3,5-7,15-17H,4,8-13H2/t15-,16-,17-,20-/m0/s1. The Balaban J connectivity index is 1.32. The molecular formula is C20H23N3O5S. The molecule has 0 saturated carbocycles. The van der Waals surface area contributed by atoms with E-state index < -0.39 is 33.4 Å². The van der Waals surface area contributed by atoms with Gasteiger partial charge in [0.2, 0.25) is 11.8 Å². The number of carbonyl (C=O) groups excluding carboxylic acids is 2. The summed E-state index contributed by atoms with van der Waals surface area (Å²) in [5.41, 5.74) is 0.368. The molecule has 4 aliphatic rings. The van der Waals surface area contributed by atoms with Gasteiger partial charge in [0.05, 0.1) is 36.0 Å². The summed E-state index contributed by atoms with van der Waals surface area (Å²) >= 11 is 0. The molecule has 8 nitrogen and oxygen atoms in total. The summed E-state index contributed by atoms with van der Waals surface area (Å²) in [6, 6.07) is 3.86. The van der Waals surface area contributed by atoms with Crippen molar-refractivity contribution in [2.75, 3.05) is 37.7 Å². The van der Waals surface area contributed by atoms with Crippen molar-refractivity contribution in [3.8, 4) is 0 Å². The predicted octanol–water partition coefficient (Wildman–Crippen LogP) is -0.337. The molecule has 4 atom stereocenters. The molecule has 0 aliphatic carbocycles. The number of hydrogen-bond acceptors (Lipinski definition) is 6. The Labute approximate surface area is 169 Å². The van der Waals surface area contributed by atoms with Crippen molar-refractivity contribution in [2.45, 2.75) is 18.1 Å². The topological polar surface area (TPSA) is 96.9 Å². The zero-order chi connectivity index (χ0) is 20.2. The first-order chi connectivity index (χ1) is 13.9. The van der Waals surface area contributed by atoms with Crippen LogP contribution in [0.2, 0.25) is 0 Å². The van der Waals surface area contributed by atoms with E-state index in [0.29, 0.717) is 19.5 Å². The third-order valence-corrected chi connectivity index (χ3v) is 8.15. The van der Waals surface area contributed by atoms with Crippen molar-refractivity contribution in [3.05, 3.63) is 42.2 Å². The van der Waals surface area contributed by atoms with Gasteiger partial charge in [0.15, 0.2) is 9.84 Å². The lowest BCUT2D eigenvalue weighted by Gasteiger charge is -2.32. The average Bonchev–Trinajstić information content (AvgIpc) is 3.35. The highest BCUT2D eigenvalue weighted by molar-refractivity contribution is 7.91. The molecule has 29 heavy (non-hydrogen) atoms. The first-order valence-corrected chi connectivity index (χ1v) is 11.7. The summed E-state index contributed by atoms with van der Waals surface area (Å²) < 4.78 is 29.5. The summed E-state index contributed by atoms with van der Waals surface area (Å²) in [5, 5.41) is 0. The number of ether oxygens (including phenoxy) is 1. The number of pyridine rings is 1. The molecular weight excluding hydrogens is 394 g/mol. The number of rotatable bonds is 4. The maximum atomic E-state index is 13.2. The fraction of sp³-hybridized carbons (Fsp3) is 0.550. The van der Waals surface area contributed by atoms with E-state index >= 15 is 0 Å². The first kappa shape index (κ1) is 18.7. The zero-order valence-corrected chi connectivity index (χ0v) is 16.8. The van der Waals surface area contributed by atoms with Gasteiger partial charge >= 0.3 is 0 Å². The molecule has 3 fully saturated rings. The summed E-state index contributed by atoms with van der Waals surface area (Å²) in [7, 11) is -3.07. The number of carbonyl (C=O) groups is 2. The number of amides is 2. The molecule has 1 spiro atoms. The maximum Gasteiger partial charge on any atom is 0.230 e. The van der Waals surface area contributed by atoms with Crippen LogP contribution in [0.25, 0.3) is 0 Å². The van der Waals surface area contributed by atoms with Crippen molar-refractivity contribution in [1.82, 2.24) is 14.8 Å². The van der Waals surface area contributed by atoms with Crippen LogP contribution in [0.4, 0.5) is 0 Å². The van der Waals surface area contributed by atoms with E-state index in [2.05, 4.69) is 4.98 Å². The maximum absolute atomic E-state index is 13.2. The highest BCUT2D eigenvalue weighted by Gasteiger charge is 2.67. The largest absolute Gasteiger partial charge is 0.360 e. The lowest BCUT2D eigenvalue weighted by Crippen LogP contribution is -2.50. The molecule has 0 aromatic carbocycles. The second kappa shape index (κ2) is 6.63. The predicted molar refractivity (Wildman–Crippen MR) is 103 cm³/mol. The van der Waals surface area contributed by atoms with E-state index in [1.54, 1.807) is 22.2 Å². The monoisotopic (exact) mass is 417 g/mol. The first-order valence-electron chi connectivity index (χ1n) is 9.93. The van der Waals surface area contributed by atoms with Crippen LogP contribution in [0.15, 0.2) is 36.7 Å². The van der Waals surface area contributed by atoms with Crippen LogP contribution in [0, 0.1) is 11.8 Å². The summed E-state index contributed by atoms with van der Waals surface area (Å²) in [4.78, 5) is 33.8. The molecule has 3 saturated heterocycles. The quantitative estimate of drug-likeness (QED) is 0.622. The summed E-state index contributed by atoms with van der Waals surface area (Å²) in [6.07, 6.45) is 7.60. The van der Waals surface area contributed by atoms with E-state index in [1.807, 2.05) is 24.3 Å². The van der Waals surface area contributed by atoms with Gasteiger partial charge in [0, 0.05) is 32.0 Å². The van der Waals surface area contributed by atoms with E-state index in [0.717, 1.165) is 5.56 Å². The Bertz CT molecular complexity index is 965. The Morgan fingerprint density at radius 2 is 1.97 bits per heavy atom. The van der Waals surface area contributed by atoms with Gasteiger partial charge in [-0.2, -0.15) is 0 Å². The Kier molecular flexibility index (Phi) is 4.29. The van der Waals surface area contributed by atoms with Gasteiger partial charge in [0.25, 0.3) is 0 Å². The second-order valence-electron chi connectivity index (χ2n) is 8.24. The minimum Gasteiger partial charge on any atom is -0.360 e. The Morgan fingerprint density at radius 1 is 1.24 bits per heavy atom. The molecule has 1 aromatic rings.